The molecule has 0 radical (unpaired) electrons. The van der Waals surface area contributed by atoms with Crippen LogP contribution in [-0.4, -0.2) is 18.5 Å². The highest BCUT2D eigenvalue weighted by Crippen LogP contribution is 2.21. The Balaban J connectivity index is 1.93. The van der Waals surface area contributed by atoms with Gasteiger partial charge in [-0.1, -0.05) is 49.4 Å². The summed E-state index contributed by atoms with van der Waals surface area (Å²) in [5, 5.41) is 2.79. The van der Waals surface area contributed by atoms with Crippen LogP contribution in [-0.2, 0) is 14.3 Å². The molecule has 2 aromatic carbocycles. The van der Waals surface area contributed by atoms with Gasteiger partial charge in [-0.3, -0.25) is 9.59 Å². The molecule has 0 fully saturated rings. The Morgan fingerprint density at radius 2 is 1.75 bits per heavy atom. The molecule has 0 saturated carbocycles. The fraction of sp³-hybridized carbons (Fsp3) is 0.300. The Morgan fingerprint density at radius 1 is 1.04 bits per heavy atom. The average molecular weight is 325 g/mol. The maximum atomic E-state index is 12.3. The molecular formula is C20H23NO3. The van der Waals surface area contributed by atoms with Gasteiger partial charge in [-0.15, -0.1) is 0 Å². The molecule has 2 aromatic rings. The molecule has 0 aliphatic heterocycles. The van der Waals surface area contributed by atoms with Gasteiger partial charge in [0, 0.05) is 5.69 Å². The van der Waals surface area contributed by atoms with Gasteiger partial charge in [-0.2, -0.15) is 0 Å². The number of hydrogen-bond donors (Lipinski definition) is 1. The standard InChI is InChI=1S/C20H23NO3/c1-4-17(16-10-6-5-7-11-16)20(23)24-13-19(22)21-18-12-8-9-14(2)15(18)3/h5-12,17H,4,13H2,1-3H3,(H,21,22)/t17-/m1/s1. The number of carbonyl (C=O) groups is 2. The third-order valence-corrected chi connectivity index (χ3v) is 4.12. The van der Waals surface area contributed by atoms with Crippen LogP contribution in [0.3, 0.4) is 0 Å². The number of anilines is 1. The number of esters is 1. The number of ether oxygens (including phenoxy) is 1. The van der Waals surface area contributed by atoms with Crippen molar-refractivity contribution in [2.24, 2.45) is 0 Å². The fourth-order valence-electron chi connectivity index (χ4n) is 2.53. The Labute approximate surface area is 142 Å². The summed E-state index contributed by atoms with van der Waals surface area (Å²) in [6.07, 6.45) is 0.626. The van der Waals surface area contributed by atoms with Crippen molar-refractivity contribution in [3.05, 3.63) is 65.2 Å². The predicted octanol–water partition coefficient (Wildman–Crippen LogP) is 3.98. The van der Waals surface area contributed by atoms with Crippen molar-refractivity contribution in [3.63, 3.8) is 0 Å². The molecule has 1 N–H and O–H groups in total. The zero-order valence-corrected chi connectivity index (χ0v) is 14.3. The summed E-state index contributed by atoms with van der Waals surface area (Å²) in [6, 6.07) is 15.2. The molecule has 0 bridgehead atoms. The molecule has 0 aliphatic rings. The lowest BCUT2D eigenvalue weighted by Gasteiger charge is -2.15. The van der Waals surface area contributed by atoms with Crippen LogP contribution in [0.2, 0.25) is 0 Å². The van der Waals surface area contributed by atoms with Crippen LogP contribution in [0.5, 0.6) is 0 Å². The predicted molar refractivity (Wildman–Crippen MR) is 95.0 cm³/mol. The average Bonchev–Trinajstić information content (AvgIpc) is 2.59. The second-order valence-corrected chi connectivity index (χ2v) is 5.77. The molecule has 0 aliphatic carbocycles. The van der Waals surface area contributed by atoms with E-state index in [-0.39, 0.29) is 24.4 Å². The first-order valence-corrected chi connectivity index (χ1v) is 8.10. The van der Waals surface area contributed by atoms with E-state index in [1.165, 1.54) is 0 Å². The molecule has 126 valence electrons. The van der Waals surface area contributed by atoms with Crippen molar-refractivity contribution in [3.8, 4) is 0 Å². The molecule has 0 spiro atoms. The summed E-state index contributed by atoms with van der Waals surface area (Å²) in [7, 11) is 0. The summed E-state index contributed by atoms with van der Waals surface area (Å²) < 4.78 is 5.20. The fourth-order valence-corrected chi connectivity index (χ4v) is 2.53. The molecule has 4 nitrogen and oxygen atoms in total. The molecule has 2 rings (SSSR count). The number of rotatable bonds is 6. The van der Waals surface area contributed by atoms with Crippen molar-refractivity contribution >= 4 is 17.6 Å². The Hall–Kier alpha value is -2.62. The van der Waals surface area contributed by atoms with Gasteiger partial charge in [0.1, 0.15) is 0 Å². The van der Waals surface area contributed by atoms with Crippen LogP contribution in [0.4, 0.5) is 5.69 Å². The number of hydrogen-bond acceptors (Lipinski definition) is 3. The van der Waals surface area contributed by atoms with E-state index in [0.717, 1.165) is 22.4 Å². The molecular weight excluding hydrogens is 302 g/mol. The van der Waals surface area contributed by atoms with E-state index in [1.807, 2.05) is 69.3 Å². The molecule has 24 heavy (non-hydrogen) atoms. The molecule has 0 aromatic heterocycles. The van der Waals surface area contributed by atoms with Crippen LogP contribution < -0.4 is 5.32 Å². The summed E-state index contributed by atoms with van der Waals surface area (Å²) in [5.41, 5.74) is 3.75. The number of amides is 1. The van der Waals surface area contributed by atoms with E-state index >= 15 is 0 Å². The van der Waals surface area contributed by atoms with Gasteiger partial charge in [0.15, 0.2) is 6.61 Å². The van der Waals surface area contributed by atoms with Crippen LogP contribution in [0, 0.1) is 13.8 Å². The zero-order chi connectivity index (χ0) is 17.5. The van der Waals surface area contributed by atoms with Crippen molar-refractivity contribution in [1.82, 2.24) is 0 Å². The summed E-state index contributed by atoms with van der Waals surface area (Å²) in [6.45, 7) is 5.57. The SMILES string of the molecule is CC[C@@H](C(=O)OCC(=O)Nc1cccc(C)c1C)c1ccccc1. The molecule has 1 amide bonds. The van der Waals surface area contributed by atoms with Crippen molar-refractivity contribution < 1.29 is 14.3 Å². The number of aryl methyl sites for hydroxylation is 1. The molecule has 4 heteroatoms. The number of nitrogens with one attached hydrogen (secondary N) is 1. The van der Waals surface area contributed by atoms with E-state index < -0.39 is 0 Å². The minimum absolute atomic E-state index is 0.282. The van der Waals surface area contributed by atoms with E-state index in [0.29, 0.717) is 6.42 Å². The van der Waals surface area contributed by atoms with Gasteiger partial charge < -0.3 is 10.1 Å². The number of benzene rings is 2. The number of carbonyl (C=O) groups excluding carboxylic acids is 2. The Kier molecular flexibility index (Phi) is 6.13. The van der Waals surface area contributed by atoms with Gasteiger partial charge in [0.05, 0.1) is 5.92 Å². The van der Waals surface area contributed by atoms with Gasteiger partial charge in [0.2, 0.25) is 0 Å². The molecule has 0 saturated heterocycles. The van der Waals surface area contributed by atoms with Gasteiger partial charge in [-0.25, -0.2) is 0 Å². The van der Waals surface area contributed by atoms with Gasteiger partial charge in [-0.05, 0) is 43.0 Å². The molecule has 1 atom stereocenters. The van der Waals surface area contributed by atoms with Gasteiger partial charge in [0.25, 0.3) is 5.91 Å². The second kappa shape index (κ2) is 8.29. The minimum atomic E-state index is -0.375. The summed E-state index contributed by atoms with van der Waals surface area (Å²) >= 11 is 0. The van der Waals surface area contributed by atoms with E-state index in [1.54, 1.807) is 0 Å². The summed E-state index contributed by atoms with van der Waals surface area (Å²) in [4.78, 5) is 24.3. The largest absolute Gasteiger partial charge is 0.455 e. The van der Waals surface area contributed by atoms with Crippen molar-refractivity contribution in [2.75, 3.05) is 11.9 Å². The van der Waals surface area contributed by atoms with Crippen LogP contribution in [0.15, 0.2) is 48.5 Å². The molecule has 0 unspecified atom stereocenters. The highest BCUT2D eigenvalue weighted by molar-refractivity contribution is 5.94. The monoisotopic (exact) mass is 325 g/mol. The summed E-state index contributed by atoms with van der Waals surface area (Å²) in [5.74, 6) is -1.06. The minimum Gasteiger partial charge on any atom is -0.455 e. The first kappa shape index (κ1) is 17.7. The first-order chi connectivity index (χ1) is 11.5. The zero-order valence-electron chi connectivity index (χ0n) is 14.3. The maximum absolute atomic E-state index is 12.3. The second-order valence-electron chi connectivity index (χ2n) is 5.77. The topological polar surface area (TPSA) is 55.4 Å². The highest BCUT2D eigenvalue weighted by atomic mass is 16.5. The molecule has 0 heterocycles. The lowest BCUT2D eigenvalue weighted by molar-refractivity contribution is -0.149. The maximum Gasteiger partial charge on any atom is 0.313 e. The lowest BCUT2D eigenvalue weighted by atomic mass is 9.97. The quantitative estimate of drug-likeness (QED) is 0.817. The van der Waals surface area contributed by atoms with E-state index in [9.17, 15) is 9.59 Å². The Bertz CT molecular complexity index is 710. The van der Waals surface area contributed by atoms with Crippen LogP contribution in [0.1, 0.15) is 36.0 Å². The van der Waals surface area contributed by atoms with Gasteiger partial charge >= 0.3 is 5.97 Å². The van der Waals surface area contributed by atoms with E-state index in [2.05, 4.69) is 5.32 Å². The van der Waals surface area contributed by atoms with Crippen molar-refractivity contribution in [2.45, 2.75) is 33.1 Å². The normalized spacial score (nSPS) is 11.6. The van der Waals surface area contributed by atoms with E-state index in [4.69, 9.17) is 4.74 Å². The Morgan fingerprint density at radius 3 is 2.42 bits per heavy atom. The smallest absolute Gasteiger partial charge is 0.313 e. The highest BCUT2D eigenvalue weighted by Gasteiger charge is 2.21. The first-order valence-electron chi connectivity index (χ1n) is 8.10. The van der Waals surface area contributed by atoms with Crippen molar-refractivity contribution in [1.29, 1.82) is 0 Å². The third-order valence-electron chi connectivity index (χ3n) is 4.12. The van der Waals surface area contributed by atoms with Crippen LogP contribution in [0.25, 0.3) is 0 Å². The third kappa shape index (κ3) is 4.44. The lowest BCUT2D eigenvalue weighted by Crippen LogP contribution is -2.24. The van der Waals surface area contributed by atoms with Crippen LogP contribution >= 0.6 is 0 Å².